The highest BCUT2D eigenvalue weighted by Crippen LogP contribution is 1.89. The van der Waals surface area contributed by atoms with E-state index < -0.39 is 17.9 Å². The molecule has 2 atom stereocenters. The average Bonchev–Trinajstić information content (AvgIpc) is 2.02. The minimum atomic E-state index is -0.875. The van der Waals surface area contributed by atoms with E-state index in [9.17, 15) is 9.59 Å². The van der Waals surface area contributed by atoms with Crippen molar-refractivity contribution in [3.8, 4) is 0 Å². The van der Waals surface area contributed by atoms with Crippen molar-refractivity contribution in [1.82, 2.24) is 5.32 Å². The van der Waals surface area contributed by atoms with Crippen molar-refractivity contribution in [2.75, 3.05) is 0 Å². The summed E-state index contributed by atoms with van der Waals surface area (Å²) in [6.07, 6.45) is 1.42. The minimum absolute atomic E-state index is 0.143. The monoisotopic (exact) mass is 185 g/mol. The summed E-state index contributed by atoms with van der Waals surface area (Å²) in [5.74, 6) is -0.986. The third kappa shape index (κ3) is 4.97. The molecular formula is C8H15N3O2. The third-order valence-corrected chi connectivity index (χ3v) is 1.48. The summed E-state index contributed by atoms with van der Waals surface area (Å²) in [5, 5.41) is 2.54. The molecule has 0 radical (unpaired) electrons. The van der Waals surface area contributed by atoms with E-state index in [1.807, 2.05) is 0 Å². The Morgan fingerprint density at radius 1 is 1.62 bits per heavy atom. The fourth-order valence-corrected chi connectivity index (χ4v) is 0.700. The van der Waals surface area contributed by atoms with Gasteiger partial charge in [0.25, 0.3) is 0 Å². The van der Waals surface area contributed by atoms with Crippen LogP contribution in [-0.2, 0) is 9.59 Å². The van der Waals surface area contributed by atoms with E-state index in [4.69, 9.17) is 11.5 Å². The summed E-state index contributed by atoms with van der Waals surface area (Å²) in [6.45, 7) is 5.24. The lowest BCUT2D eigenvalue weighted by Gasteiger charge is -2.13. The molecule has 0 aliphatic carbocycles. The van der Waals surface area contributed by atoms with Crippen LogP contribution in [0, 0.1) is 0 Å². The molecule has 0 heterocycles. The van der Waals surface area contributed by atoms with Crippen LogP contribution in [-0.4, -0.2) is 23.9 Å². The highest BCUT2D eigenvalue weighted by Gasteiger charge is 2.16. The summed E-state index contributed by atoms with van der Waals surface area (Å²) in [4.78, 5) is 21.6. The molecule has 5 nitrogen and oxygen atoms in total. The normalized spacial score (nSPS) is 14.3. The lowest BCUT2D eigenvalue weighted by atomic mass is 10.2. The van der Waals surface area contributed by atoms with Crippen LogP contribution in [0.2, 0.25) is 0 Å². The van der Waals surface area contributed by atoms with Crippen LogP contribution in [0.3, 0.4) is 0 Å². The molecule has 2 amide bonds. The summed E-state index contributed by atoms with van der Waals surface area (Å²) in [5.41, 5.74) is 10.2. The standard InChI is InChI=1S/C8H15N3O2/c1-3-5(2)11-8(13)6(9)4-7(10)12/h3,5-6H,1,4,9H2,2H3,(H2,10,12)(H,11,13). The molecule has 0 saturated heterocycles. The van der Waals surface area contributed by atoms with Gasteiger partial charge in [-0.3, -0.25) is 9.59 Å². The molecular weight excluding hydrogens is 170 g/mol. The highest BCUT2D eigenvalue weighted by atomic mass is 16.2. The van der Waals surface area contributed by atoms with E-state index in [1.165, 1.54) is 0 Å². The predicted octanol–water partition coefficient (Wildman–Crippen LogP) is -1.12. The third-order valence-electron chi connectivity index (χ3n) is 1.48. The zero-order chi connectivity index (χ0) is 10.4. The van der Waals surface area contributed by atoms with E-state index in [-0.39, 0.29) is 12.5 Å². The Labute approximate surface area is 77.2 Å². The van der Waals surface area contributed by atoms with Crippen molar-refractivity contribution in [2.24, 2.45) is 11.5 Å². The van der Waals surface area contributed by atoms with Crippen molar-refractivity contribution in [3.63, 3.8) is 0 Å². The minimum Gasteiger partial charge on any atom is -0.370 e. The van der Waals surface area contributed by atoms with Gasteiger partial charge in [-0.25, -0.2) is 0 Å². The predicted molar refractivity (Wildman–Crippen MR) is 49.6 cm³/mol. The summed E-state index contributed by atoms with van der Waals surface area (Å²) >= 11 is 0. The van der Waals surface area contributed by atoms with Gasteiger partial charge in [-0.15, -0.1) is 6.58 Å². The number of carbonyl (C=O) groups is 2. The Kier molecular flexibility index (Phi) is 4.76. The second kappa shape index (κ2) is 5.31. The molecule has 13 heavy (non-hydrogen) atoms. The quantitative estimate of drug-likeness (QED) is 0.473. The van der Waals surface area contributed by atoms with Crippen LogP contribution in [0.4, 0.5) is 0 Å². The van der Waals surface area contributed by atoms with Gasteiger partial charge in [0, 0.05) is 6.04 Å². The first-order valence-electron chi connectivity index (χ1n) is 3.94. The molecule has 0 rings (SSSR count). The number of nitrogens with one attached hydrogen (secondary N) is 1. The largest absolute Gasteiger partial charge is 0.370 e. The Balaban J connectivity index is 3.95. The van der Waals surface area contributed by atoms with Gasteiger partial charge < -0.3 is 16.8 Å². The van der Waals surface area contributed by atoms with Crippen LogP contribution < -0.4 is 16.8 Å². The summed E-state index contributed by atoms with van der Waals surface area (Å²) < 4.78 is 0. The second-order valence-electron chi connectivity index (χ2n) is 2.81. The van der Waals surface area contributed by atoms with E-state index in [2.05, 4.69) is 11.9 Å². The Hall–Kier alpha value is -1.36. The number of carbonyl (C=O) groups excluding carboxylic acids is 2. The topological polar surface area (TPSA) is 98.2 Å². The first-order valence-corrected chi connectivity index (χ1v) is 3.94. The SMILES string of the molecule is C=CC(C)NC(=O)C(N)CC(N)=O. The van der Waals surface area contributed by atoms with Crippen molar-refractivity contribution in [2.45, 2.75) is 25.4 Å². The molecule has 0 aromatic carbocycles. The fourth-order valence-electron chi connectivity index (χ4n) is 0.700. The van der Waals surface area contributed by atoms with Crippen LogP contribution in [0.15, 0.2) is 12.7 Å². The Morgan fingerprint density at radius 3 is 2.54 bits per heavy atom. The summed E-state index contributed by atoms with van der Waals surface area (Å²) in [6, 6.07) is -1.04. The van der Waals surface area contributed by atoms with Crippen LogP contribution in [0.25, 0.3) is 0 Å². The molecule has 0 aromatic rings. The van der Waals surface area contributed by atoms with E-state index >= 15 is 0 Å². The van der Waals surface area contributed by atoms with Gasteiger partial charge in [-0.1, -0.05) is 6.08 Å². The lowest BCUT2D eigenvalue weighted by Crippen LogP contribution is -2.45. The molecule has 0 saturated carbocycles. The number of hydrogen-bond donors (Lipinski definition) is 3. The molecule has 0 aliphatic rings. The molecule has 5 heteroatoms. The molecule has 5 N–H and O–H groups in total. The van der Waals surface area contributed by atoms with E-state index in [0.717, 1.165) is 0 Å². The van der Waals surface area contributed by atoms with Gasteiger partial charge in [-0.2, -0.15) is 0 Å². The maximum Gasteiger partial charge on any atom is 0.237 e. The highest BCUT2D eigenvalue weighted by molar-refractivity contribution is 5.87. The summed E-state index contributed by atoms with van der Waals surface area (Å²) in [7, 11) is 0. The molecule has 2 unspecified atom stereocenters. The maximum absolute atomic E-state index is 11.2. The van der Waals surface area contributed by atoms with Crippen molar-refractivity contribution >= 4 is 11.8 Å². The van der Waals surface area contributed by atoms with Crippen LogP contribution >= 0.6 is 0 Å². The van der Waals surface area contributed by atoms with Crippen molar-refractivity contribution < 1.29 is 9.59 Å². The smallest absolute Gasteiger partial charge is 0.237 e. The Bertz CT molecular complexity index is 215. The van der Waals surface area contributed by atoms with Crippen LogP contribution in [0.5, 0.6) is 0 Å². The first kappa shape index (κ1) is 11.6. The van der Waals surface area contributed by atoms with Crippen LogP contribution in [0.1, 0.15) is 13.3 Å². The number of hydrogen-bond acceptors (Lipinski definition) is 3. The molecule has 0 aliphatic heterocycles. The van der Waals surface area contributed by atoms with Crippen molar-refractivity contribution in [3.05, 3.63) is 12.7 Å². The average molecular weight is 185 g/mol. The van der Waals surface area contributed by atoms with Gasteiger partial charge in [0.05, 0.1) is 12.5 Å². The van der Waals surface area contributed by atoms with E-state index in [0.29, 0.717) is 0 Å². The lowest BCUT2D eigenvalue weighted by molar-refractivity contribution is -0.126. The first-order chi connectivity index (χ1) is 5.97. The van der Waals surface area contributed by atoms with Gasteiger partial charge in [0.1, 0.15) is 0 Å². The Morgan fingerprint density at radius 2 is 2.15 bits per heavy atom. The molecule has 74 valence electrons. The fraction of sp³-hybridized carbons (Fsp3) is 0.500. The second-order valence-corrected chi connectivity index (χ2v) is 2.81. The van der Waals surface area contributed by atoms with Gasteiger partial charge in [0.2, 0.25) is 11.8 Å². The molecule has 0 spiro atoms. The van der Waals surface area contributed by atoms with Gasteiger partial charge in [-0.05, 0) is 6.92 Å². The maximum atomic E-state index is 11.2. The zero-order valence-electron chi connectivity index (χ0n) is 7.62. The zero-order valence-corrected chi connectivity index (χ0v) is 7.62. The van der Waals surface area contributed by atoms with Gasteiger partial charge in [0.15, 0.2) is 0 Å². The molecule has 0 fully saturated rings. The number of rotatable bonds is 5. The van der Waals surface area contributed by atoms with Crippen molar-refractivity contribution in [1.29, 1.82) is 0 Å². The number of primary amides is 1. The van der Waals surface area contributed by atoms with E-state index in [1.54, 1.807) is 13.0 Å². The molecule has 0 bridgehead atoms. The van der Waals surface area contributed by atoms with Gasteiger partial charge >= 0.3 is 0 Å². The number of nitrogens with two attached hydrogens (primary N) is 2. The number of amides is 2. The molecule has 0 aromatic heterocycles.